The fourth-order valence-corrected chi connectivity index (χ4v) is 1.36. The zero-order valence-electron chi connectivity index (χ0n) is 5.52. The van der Waals surface area contributed by atoms with Crippen molar-refractivity contribution in [1.82, 2.24) is 0 Å². The lowest BCUT2D eigenvalue weighted by Crippen LogP contribution is -1.72. The maximum Gasteiger partial charge on any atom is 0.166 e. The van der Waals surface area contributed by atoms with Crippen LogP contribution in [0.5, 0.6) is 0 Å². The Kier molecular flexibility index (Phi) is 3.27. The fraction of sp³-hybridized carbons (Fsp3) is 0. The average Bonchev–Trinajstić information content (AvgIpc) is 1.93. The van der Waals surface area contributed by atoms with E-state index in [4.69, 9.17) is 0 Å². The molecular weight excluding hydrogens is 275 g/mol. The number of hydrogen-bond acceptors (Lipinski definition) is 0. The molecule has 1 aromatic rings. The van der Waals surface area contributed by atoms with Crippen LogP contribution in [0.1, 0.15) is 5.56 Å². The van der Waals surface area contributed by atoms with Crippen LogP contribution in [0.3, 0.4) is 0 Å². The van der Waals surface area contributed by atoms with E-state index in [0.29, 0.717) is 0 Å². The van der Waals surface area contributed by atoms with Gasteiger partial charge in [0.1, 0.15) is 0 Å². The van der Waals surface area contributed by atoms with Crippen molar-refractivity contribution < 1.29 is 4.39 Å². The van der Waals surface area contributed by atoms with Gasteiger partial charge in [-0.25, -0.2) is 0 Å². The first-order valence-electron chi connectivity index (χ1n) is 2.97. The van der Waals surface area contributed by atoms with E-state index in [9.17, 15) is 4.39 Å². The second-order valence-corrected chi connectivity index (χ2v) is 3.57. The van der Waals surface area contributed by atoms with Gasteiger partial charge in [0.05, 0.1) is 0 Å². The van der Waals surface area contributed by atoms with Gasteiger partial charge in [0.2, 0.25) is 0 Å². The zero-order valence-corrected chi connectivity index (χ0v) is 8.69. The van der Waals surface area contributed by atoms with Crippen LogP contribution >= 0.6 is 31.9 Å². The molecule has 0 saturated heterocycles. The van der Waals surface area contributed by atoms with Crippen molar-refractivity contribution in [3.05, 3.63) is 39.0 Å². The lowest BCUT2D eigenvalue weighted by atomic mass is 10.2. The molecule has 0 saturated carbocycles. The Bertz CT molecular complexity index is 277. The highest BCUT2D eigenvalue weighted by molar-refractivity contribution is 9.11. The molecule has 0 aromatic heterocycles. The first kappa shape index (κ1) is 8.94. The summed E-state index contributed by atoms with van der Waals surface area (Å²) in [7, 11) is 0. The maximum atomic E-state index is 12.3. The molecule has 0 N–H and O–H groups in total. The van der Waals surface area contributed by atoms with E-state index in [2.05, 4.69) is 31.9 Å². The SMILES string of the molecule is F/C(Br)=C\c1ccccc1Br. The first-order valence-corrected chi connectivity index (χ1v) is 4.56. The predicted molar refractivity (Wildman–Crippen MR) is 52.2 cm³/mol. The van der Waals surface area contributed by atoms with Crippen LogP contribution in [0.2, 0.25) is 0 Å². The van der Waals surface area contributed by atoms with Gasteiger partial charge >= 0.3 is 0 Å². The molecule has 0 aliphatic rings. The van der Waals surface area contributed by atoms with Gasteiger partial charge in [0.15, 0.2) is 4.74 Å². The van der Waals surface area contributed by atoms with Crippen LogP contribution in [-0.4, -0.2) is 0 Å². The number of hydrogen-bond donors (Lipinski definition) is 0. The molecule has 1 rings (SSSR count). The van der Waals surface area contributed by atoms with E-state index < -0.39 is 0 Å². The van der Waals surface area contributed by atoms with Gasteiger partial charge in [-0.3, -0.25) is 0 Å². The van der Waals surface area contributed by atoms with E-state index in [-0.39, 0.29) is 4.74 Å². The van der Waals surface area contributed by atoms with Gasteiger partial charge in [-0.2, -0.15) is 4.39 Å². The topological polar surface area (TPSA) is 0 Å². The third-order valence-electron chi connectivity index (χ3n) is 1.17. The van der Waals surface area contributed by atoms with Crippen LogP contribution in [0.4, 0.5) is 4.39 Å². The molecular formula is C8H5Br2F. The van der Waals surface area contributed by atoms with Crippen molar-refractivity contribution in [2.75, 3.05) is 0 Å². The third kappa shape index (κ3) is 2.75. The molecule has 0 unspecified atom stereocenters. The summed E-state index contributed by atoms with van der Waals surface area (Å²) >= 11 is 6.01. The largest absolute Gasteiger partial charge is 0.199 e. The van der Waals surface area contributed by atoms with Crippen LogP contribution in [0.25, 0.3) is 6.08 Å². The second-order valence-electron chi connectivity index (χ2n) is 1.96. The Morgan fingerprint density at radius 3 is 2.55 bits per heavy atom. The van der Waals surface area contributed by atoms with Crippen LogP contribution in [0.15, 0.2) is 33.5 Å². The molecule has 0 radical (unpaired) electrons. The van der Waals surface area contributed by atoms with Gasteiger partial charge in [-0.15, -0.1) is 0 Å². The standard InChI is InChI=1S/C8H5Br2F/c9-7-4-2-1-3-6(7)5-8(10)11/h1-5H/b8-5-. The highest BCUT2D eigenvalue weighted by Gasteiger charge is 1.94. The summed E-state index contributed by atoms with van der Waals surface area (Å²) in [6.45, 7) is 0. The third-order valence-corrected chi connectivity index (χ3v) is 2.12. The Balaban J connectivity index is 3.04. The minimum atomic E-state index is -0.371. The normalized spacial score (nSPS) is 11.7. The van der Waals surface area contributed by atoms with Crippen molar-refractivity contribution in [3.8, 4) is 0 Å². The molecule has 0 nitrogen and oxygen atoms in total. The van der Waals surface area contributed by atoms with Gasteiger partial charge in [-0.1, -0.05) is 34.1 Å². The minimum Gasteiger partial charge on any atom is -0.199 e. The van der Waals surface area contributed by atoms with E-state index in [1.165, 1.54) is 6.08 Å². The van der Waals surface area contributed by atoms with Crippen LogP contribution < -0.4 is 0 Å². The number of rotatable bonds is 1. The summed E-state index contributed by atoms with van der Waals surface area (Å²) < 4.78 is 12.8. The minimum absolute atomic E-state index is 0.371. The molecule has 3 heteroatoms. The van der Waals surface area contributed by atoms with Crippen molar-refractivity contribution in [1.29, 1.82) is 0 Å². The Morgan fingerprint density at radius 2 is 2.00 bits per heavy atom. The molecule has 11 heavy (non-hydrogen) atoms. The second kappa shape index (κ2) is 4.02. The first-order chi connectivity index (χ1) is 5.20. The lowest BCUT2D eigenvalue weighted by Gasteiger charge is -1.95. The lowest BCUT2D eigenvalue weighted by molar-refractivity contribution is 0.711. The van der Waals surface area contributed by atoms with E-state index in [1.54, 1.807) is 0 Å². The van der Waals surface area contributed by atoms with Crippen molar-refractivity contribution in [2.45, 2.75) is 0 Å². The van der Waals surface area contributed by atoms with Gasteiger partial charge in [-0.05, 0) is 33.6 Å². The van der Waals surface area contributed by atoms with Crippen LogP contribution in [0, 0.1) is 0 Å². The summed E-state index contributed by atoms with van der Waals surface area (Å²) in [4.78, 5) is 0. The summed E-state index contributed by atoms with van der Waals surface area (Å²) in [5.41, 5.74) is 0.821. The molecule has 0 bridgehead atoms. The maximum absolute atomic E-state index is 12.3. The Morgan fingerprint density at radius 1 is 1.36 bits per heavy atom. The zero-order chi connectivity index (χ0) is 8.27. The molecule has 58 valence electrons. The highest BCUT2D eigenvalue weighted by Crippen LogP contribution is 2.20. The molecule has 0 atom stereocenters. The average molecular weight is 280 g/mol. The van der Waals surface area contributed by atoms with Crippen molar-refractivity contribution >= 4 is 37.9 Å². The summed E-state index contributed by atoms with van der Waals surface area (Å²) in [5, 5.41) is 0. The monoisotopic (exact) mass is 278 g/mol. The molecule has 0 heterocycles. The molecule has 1 aromatic carbocycles. The molecule has 0 aliphatic carbocycles. The van der Waals surface area contributed by atoms with Crippen molar-refractivity contribution in [3.63, 3.8) is 0 Å². The van der Waals surface area contributed by atoms with E-state index in [0.717, 1.165) is 10.0 Å². The number of halogens is 3. The van der Waals surface area contributed by atoms with Gasteiger partial charge in [0.25, 0.3) is 0 Å². The summed E-state index contributed by atoms with van der Waals surface area (Å²) in [6, 6.07) is 7.42. The molecule has 0 spiro atoms. The highest BCUT2D eigenvalue weighted by atomic mass is 79.9. The predicted octanol–water partition coefficient (Wildman–Crippen LogP) is 4.11. The fourth-order valence-electron chi connectivity index (χ4n) is 0.710. The van der Waals surface area contributed by atoms with Gasteiger partial charge < -0.3 is 0 Å². The van der Waals surface area contributed by atoms with Gasteiger partial charge in [0, 0.05) is 4.47 Å². The summed E-state index contributed by atoms with van der Waals surface area (Å²) in [5.74, 6) is 0. The Hall–Kier alpha value is -0.150. The smallest absolute Gasteiger partial charge is 0.166 e. The van der Waals surface area contributed by atoms with E-state index in [1.807, 2.05) is 24.3 Å². The Labute approximate surface area is 81.4 Å². The molecule has 0 fully saturated rings. The molecule has 0 amide bonds. The quantitative estimate of drug-likeness (QED) is 0.726. The van der Waals surface area contributed by atoms with Crippen LogP contribution in [-0.2, 0) is 0 Å². The molecule has 0 aliphatic heterocycles. The van der Waals surface area contributed by atoms with E-state index >= 15 is 0 Å². The summed E-state index contributed by atoms with van der Waals surface area (Å²) in [6.07, 6.45) is 1.41. The van der Waals surface area contributed by atoms with Crippen molar-refractivity contribution in [2.24, 2.45) is 0 Å². The number of benzene rings is 1.